The van der Waals surface area contributed by atoms with E-state index < -0.39 is 23.0 Å². The van der Waals surface area contributed by atoms with E-state index in [1.54, 1.807) is 6.20 Å². The number of rotatable bonds is 4. The van der Waals surface area contributed by atoms with Crippen LogP contribution in [0.25, 0.3) is 0 Å². The summed E-state index contributed by atoms with van der Waals surface area (Å²) in [6, 6.07) is 1.80. The number of hydrogen-bond acceptors (Lipinski definition) is 3. The van der Waals surface area contributed by atoms with Gasteiger partial charge in [0.05, 0.1) is 13.2 Å². The van der Waals surface area contributed by atoms with E-state index in [4.69, 9.17) is 27.9 Å². The molecule has 1 aliphatic rings. The zero-order valence-corrected chi connectivity index (χ0v) is 12.4. The summed E-state index contributed by atoms with van der Waals surface area (Å²) < 4.78 is 44.3. The van der Waals surface area contributed by atoms with E-state index in [0.29, 0.717) is 5.57 Å². The number of amidine groups is 1. The predicted octanol–water partition coefficient (Wildman–Crippen LogP) is 3.61. The topological polar surface area (TPSA) is 24.8 Å². The number of alkyl halides is 1. The van der Waals surface area contributed by atoms with Crippen LogP contribution in [0.2, 0.25) is 0 Å². The minimum absolute atomic E-state index is 0.0211. The van der Waals surface area contributed by atoms with E-state index in [1.807, 2.05) is 0 Å². The van der Waals surface area contributed by atoms with Crippen molar-refractivity contribution >= 4 is 28.5 Å². The molecule has 1 unspecified atom stereocenters. The molecule has 0 aliphatic carbocycles. The Morgan fingerprint density at radius 3 is 2.48 bits per heavy atom. The Balaban J connectivity index is 2.24. The van der Waals surface area contributed by atoms with Crippen molar-refractivity contribution in [3.63, 3.8) is 0 Å². The first-order valence-corrected chi connectivity index (χ1v) is 6.70. The second-order valence-electron chi connectivity index (χ2n) is 4.37. The van der Waals surface area contributed by atoms with Gasteiger partial charge in [0.25, 0.3) is 0 Å². The lowest BCUT2D eigenvalue weighted by Crippen LogP contribution is -2.29. The molecule has 114 valence electrons. The highest BCUT2D eigenvalue weighted by Crippen LogP contribution is 2.23. The van der Waals surface area contributed by atoms with E-state index in [2.05, 4.69) is 4.99 Å². The molecule has 21 heavy (non-hydrogen) atoms. The van der Waals surface area contributed by atoms with Crippen LogP contribution in [-0.2, 0) is 11.3 Å². The fourth-order valence-corrected chi connectivity index (χ4v) is 2.31. The van der Waals surface area contributed by atoms with Gasteiger partial charge in [0.2, 0.25) is 0 Å². The zero-order chi connectivity index (χ0) is 15.6. The van der Waals surface area contributed by atoms with Crippen molar-refractivity contribution < 1.29 is 17.9 Å². The second-order valence-corrected chi connectivity index (χ2v) is 5.12. The Bertz CT molecular complexity index is 584. The van der Waals surface area contributed by atoms with Crippen LogP contribution in [0.3, 0.4) is 0 Å². The van der Waals surface area contributed by atoms with Crippen molar-refractivity contribution in [2.24, 2.45) is 4.99 Å². The van der Waals surface area contributed by atoms with Gasteiger partial charge in [0.1, 0.15) is 0 Å². The third-order valence-corrected chi connectivity index (χ3v) is 3.48. The third kappa shape index (κ3) is 3.70. The molecule has 1 atom stereocenters. The summed E-state index contributed by atoms with van der Waals surface area (Å²) in [7, 11) is 1.50. The van der Waals surface area contributed by atoms with Crippen LogP contribution >= 0.6 is 23.2 Å². The highest BCUT2D eigenvalue weighted by molar-refractivity contribution is 6.65. The van der Waals surface area contributed by atoms with Crippen LogP contribution in [0.5, 0.6) is 0 Å². The van der Waals surface area contributed by atoms with E-state index in [-0.39, 0.29) is 24.0 Å². The summed E-state index contributed by atoms with van der Waals surface area (Å²) in [4.78, 5) is 5.43. The van der Waals surface area contributed by atoms with Gasteiger partial charge in [-0.3, -0.25) is 0 Å². The Morgan fingerprint density at radius 1 is 1.29 bits per heavy atom. The lowest BCUT2D eigenvalue weighted by Gasteiger charge is -2.26. The van der Waals surface area contributed by atoms with Gasteiger partial charge in [0.15, 0.2) is 28.2 Å². The first-order chi connectivity index (χ1) is 9.92. The second kappa shape index (κ2) is 6.68. The maximum atomic E-state index is 13.2. The van der Waals surface area contributed by atoms with Crippen molar-refractivity contribution in [1.29, 1.82) is 0 Å². The minimum atomic E-state index is -1.51. The molecule has 0 saturated heterocycles. The van der Waals surface area contributed by atoms with Gasteiger partial charge in [-0.2, -0.15) is 0 Å². The number of ether oxygens (including phenoxy) is 1. The van der Waals surface area contributed by atoms with Crippen LogP contribution in [0.4, 0.5) is 13.2 Å². The quantitative estimate of drug-likeness (QED) is 0.476. The Hall–Kier alpha value is -1.24. The summed E-state index contributed by atoms with van der Waals surface area (Å²) in [5.41, 5.74) is 0.197. The standard InChI is InChI=1S/C13H11Cl2F3N2O/c1-21-6-8-5-20(13(15)19-12(8)14)4-7-2-9(16)11(18)10(17)3-7/h2-3,5,12H,4,6H2,1H3. The summed E-state index contributed by atoms with van der Waals surface area (Å²) in [6.07, 6.45) is 1.59. The summed E-state index contributed by atoms with van der Waals surface area (Å²) >= 11 is 11.9. The van der Waals surface area contributed by atoms with Gasteiger partial charge in [-0.05, 0) is 29.3 Å². The molecule has 8 heteroatoms. The number of aliphatic imine (C=N–C) groups is 1. The van der Waals surface area contributed by atoms with Crippen LogP contribution in [0.15, 0.2) is 28.9 Å². The molecule has 1 aliphatic heterocycles. The number of hydrogen-bond donors (Lipinski definition) is 0. The number of methoxy groups -OCH3 is 1. The molecule has 3 nitrogen and oxygen atoms in total. The van der Waals surface area contributed by atoms with Gasteiger partial charge in [0, 0.05) is 18.9 Å². The smallest absolute Gasteiger partial charge is 0.200 e. The molecule has 0 fully saturated rings. The minimum Gasteiger partial charge on any atom is -0.380 e. The Morgan fingerprint density at radius 2 is 1.90 bits per heavy atom. The number of nitrogens with zero attached hydrogens (tertiary/aromatic N) is 2. The van der Waals surface area contributed by atoms with Crippen LogP contribution in [-0.4, -0.2) is 29.4 Å². The molecule has 2 rings (SSSR count). The largest absolute Gasteiger partial charge is 0.380 e. The maximum absolute atomic E-state index is 13.2. The van der Waals surface area contributed by atoms with Crippen molar-refractivity contribution in [3.05, 3.63) is 46.9 Å². The van der Waals surface area contributed by atoms with Crippen molar-refractivity contribution in [3.8, 4) is 0 Å². The van der Waals surface area contributed by atoms with E-state index in [0.717, 1.165) is 12.1 Å². The molecule has 1 aromatic carbocycles. The SMILES string of the molecule is COCC1=CN(Cc2cc(F)c(F)c(F)c2)C(Cl)=NC1Cl. The highest BCUT2D eigenvalue weighted by Gasteiger charge is 2.21. The molecular weight excluding hydrogens is 328 g/mol. The summed E-state index contributed by atoms with van der Waals surface area (Å²) in [5.74, 6) is -4.02. The average molecular weight is 339 g/mol. The Labute approximate surface area is 129 Å². The van der Waals surface area contributed by atoms with Crippen LogP contribution < -0.4 is 0 Å². The maximum Gasteiger partial charge on any atom is 0.200 e. The molecular formula is C13H11Cl2F3N2O. The van der Waals surface area contributed by atoms with Crippen molar-refractivity contribution in [2.45, 2.75) is 12.0 Å². The first kappa shape index (κ1) is 16.1. The first-order valence-electron chi connectivity index (χ1n) is 5.89. The van der Waals surface area contributed by atoms with Gasteiger partial charge in [-0.25, -0.2) is 18.2 Å². The lowest BCUT2D eigenvalue weighted by molar-refractivity contribution is 0.221. The molecule has 0 aromatic heterocycles. The molecule has 1 aromatic rings. The fourth-order valence-electron chi connectivity index (χ4n) is 1.85. The number of benzene rings is 1. The predicted molar refractivity (Wildman–Crippen MR) is 74.7 cm³/mol. The van der Waals surface area contributed by atoms with E-state index in [9.17, 15) is 13.2 Å². The van der Waals surface area contributed by atoms with E-state index in [1.165, 1.54) is 12.0 Å². The molecule has 0 radical (unpaired) electrons. The molecule has 0 amide bonds. The van der Waals surface area contributed by atoms with Crippen LogP contribution in [0.1, 0.15) is 5.56 Å². The molecule has 0 saturated carbocycles. The fraction of sp³-hybridized carbons (Fsp3) is 0.308. The van der Waals surface area contributed by atoms with Gasteiger partial charge in [-0.15, -0.1) is 0 Å². The monoisotopic (exact) mass is 338 g/mol. The van der Waals surface area contributed by atoms with Crippen molar-refractivity contribution in [2.75, 3.05) is 13.7 Å². The zero-order valence-electron chi connectivity index (χ0n) is 10.9. The van der Waals surface area contributed by atoms with Crippen LogP contribution in [0, 0.1) is 17.5 Å². The summed E-state index contributed by atoms with van der Waals surface area (Å²) in [5, 5.41) is 0.0694. The Kier molecular flexibility index (Phi) is 5.13. The molecule has 1 heterocycles. The molecule has 0 bridgehead atoms. The molecule has 0 N–H and O–H groups in total. The highest BCUT2D eigenvalue weighted by atomic mass is 35.5. The molecule has 0 spiro atoms. The summed E-state index contributed by atoms with van der Waals surface area (Å²) in [6.45, 7) is 0.262. The normalized spacial score (nSPS) is 18.6. The van der Waals surface area contributed by atoms with Crippen molar-refractivity contribution in [1.82, 2.24) is 4.90 Å². The van der Waals surface area contributed by atoms with Gasteiger partial charge >= 0.3 is 0 Å². The van der Waals surface area contributed by atoms with Gasteiger partial charge in [-0.1, -0.05) is 11.6 Å². The number of halogens is 5. The third-order valence-electron chi connectivity index (χ3n) is 2.79. The lowest BCUT2D eigenvalue weighted by atomic mass is 10.2. The van der Waals surface area contributed by atoms with Gasteiger partial charge < -0.3 is 9.64 Å². The van der Waals surface area contributed by atoms with E-state index >= 15 is 0 Å². The average Bonchev–Trinajstić information content (AvgIpc) is 2.41.